The lowest BCUT2D eigenvalue weighted by Crippen LogP contribution is -2.10. The average molecular weight is 369 g/mol. The van der Waals surface area contributed by atoms with Crippen LogP contribution in [0.4, 0.5) is 0 Å². The molecule has 0 bridgehead atoms. The Labute approximate surface area is 168 Å². The van der Waals surface area contributed by atoms with E-state index in [0.29, 0.717) is 5.92 Å². The molecule has 1 aliphatic carbocycles. The predicted octanol–water partition coefficient (Wildman–Crippen LogP) is 7.99. The number of allylic oxidation sites excluding steroid dienone is 6. The van der Waals surface area contributed by atoms with E-state index in [4.69, 9.17) is 9.98 Å². The van der Waals surface area contributed by atoms with Crippen molar-refractivity contribution in [1.82, 2.24) is 0 Å². The monoisotopic (exact) mass is 368 g/mol. The smallest absolute Gasteiger partial charge is 0.0679 e. The Morgan fingerprint density at radius 1 is 0.963 bits per heavy atom. The molecule has 0 spiro atoms. The molecular weight excluding hydrogens is 328 g/mol. The standard InChI is InChI=1S/C25H40N2/c1-7-11-18-27-25(22-15-16-22)24(21(6)13-9-3)23(14-10-4)26-19-17-20(5)12-8-2/h11,14,17-19,22H,7-10,12-13,15-16H2,1-6H3/b18-11-,20-17+,23-14-,24-21+,26-19+,27-25+. The molecule has 1 aliphatic rings. The molecule has 0 aromatic carbocycles. The average Bonchev–Trinajstić information content (AvgIpc) is 3.46. The summed E-state index contributed by atoms with van der Waals surface area (Å²) in [6.07, 6.45) is 19.6. The second-order valence-corrected chi connectivity index (χ2v) is 7.53. The summed E-state index contributed by atoms with van der Waals surface area (Å²) < 4.78 is 0. The normalized spacial score (nSPS) is 17.9. The van der Waals surface area contributed by atoms with E-state index < -0.39 is 0 Å². The van der Waals surface area contributed by atoms with Gasteiger partial charge in [0.05, 0.1) is 11.4 Å². The maximum Gasteiger partial charge on any atom is 0.0679 e. The van der Waals surface area contributed by atoms with Gasteiger partial charge in [0.15, 0.2) is 0 Å². The van der Waals surface area contributed by atoms with Gasteiger partial charge in [0.1, 0.15) is 0 Å². The molecule has 2 nitrogen and oxygen atoms in total. The van der Waals surface area contributed by atoms with E-state index in [1.54, 1.807) is 0 Å². The third-order valence-corrected chi connectivity index (χ3v) is 4.70. The van der Waals surface area contributed by atoms with Crippen LogP contribution in [0, 0.1) is 5.92 Å². The number of hydrogen-bond donors (Lipinski definition) is 0. The van der Waals surface area contributed by atoms with Crippen LogP contribution in [0.5, 0.6) is 0 Å². The van der Waals surface area contributed by atoms with Crippen LogP contribution in [0.25, 0.3) is 0 Å². The lowest BCUT2D eigenvalue weighted by molar-refractivity contribution is 0.895. The molecule has 0 aromatic rings. The Morgan fingerprint density at radius 3 is 2.22 bits per heavy atom. The first kappa shape index (κ1) is 23.3. The molecule has 1 saturated carbocycles. The molecule has 0 unspecified atom stereocenters. The van der Waals surface area contributed by atoms with Crippen molar-refractivity contribution < 1.29 is 0 Å². The summed E-state index contributed by atoms with van der Waals surface area (Å²) in [6.45, 7) is 13.2. The second kappa shape index (κ2) is 13.5. The van der Waals surface area contributed by atoms with Crippen LogP contribution in [0.15, 0.2) is 56.8 Å². The molecule has 0 aromatic heterocycles. The fraction of sp³-hybridized carbons (Fsp3) is 0.600. The molecule has 27 heavy (non-hydrogen) atoms. The Balaban J connectivity index is 3.33. The summed E-state index contributed by atoms with van der Waals surface area (Å²) in [5, 5.41) is 0. The highest BCUT2D eigenvalue weighted by atomic mass is 14.8. The molecule has 0 aliphatic heterocycles. The van der Waals surface area contributed by atoms with Gasteiger partial charge in [-0.3, -0.25) is 9.98 Å². The topological polar surface area (TPSA) is 24.7 Å². The Hall–Kier alpha value is -1.70. The van der Waals surface area contributed by atoms with Gasteiger partial charge in [-0.2, -0.15) is 0 Å². The maximum atomic E-state index is 4.90. The predicted molar refractivity (Wildman–Crippen MR) is 123 cm³/mol. The van der Waals surface area contributed by atoms with Gasteiger partial charge in [-0.05, 0) is 58.4 Å². The van der Waals surface area contributed by atoms with Crippen molar-refractivity contribution in [3.8, 4) is 0 Å². The van der Waals surface area contributed by atoms with Gasteiger partial charge in [-0.15, -0.1) is 0 Å². The SMILES string of the molecule is CC\C=C/N=C(C(/C(=C/CC)/N=C/C=C(\C)CCC)=C(\C)CCC)\C1CC1. The zero-order valence-electron chi connectivity index (χ0n) is 18.5. The van der Waals surface area contributed by atoms with Crippen LogP contribution in [-0.2, 0) is 0 Å². The third-order valence-electron chi connectivity index (χ3n) is 4.70. The molecule has 0 radical (unpaired) electrons. The molecule has 0 atom stereocenters. The van der Waals surface area contributed by atoms with E-state index in [2.05, 4.69) is 59.8 Å². The van der Waals surface area contributed by atoms with E-state index in [1.807, 2.05) is 12.4 Å². The summed E-state index contributed by atoms with van der Waals surface area (Å²) in [7, 11) is 0. The molecule has 0 amide bonds. The zero-order chi connectivity index (χ0) is 20.1. The zero-order valence-corrected chi connectivity index (χ0v) is 18.5. The van der Waals surface area contributed by atoms with E-state index in [0.717, 1.165) is 37.8 Å². The van der Waals surface area contributed by atoms with Gasteiger partial charge >= 0.3 is 0 Å². The fourth-order valence-electron chi connectivity index (χ4n) is 3.17. The van der Waals surface area contributed by atoms with Crippen molar-refractivity contribution in [2.24, 2.45) is 15.9 Å². The van der Waals surface area contributed by atoms with Crippen molar-refractivity contribution >= 4 is 11.9 Å². The molecule has 150 valence electrons. The lowest BCUT2D eigenvalue weighted by Gasteiger charge is -2.15. The quantitative estimate of drug-likeness (QED) is 0.246. The molecule has 2 heteroatoms. The van der Waals surface area contributed by atoms with Gasteiger partial charge < -0.3 is 0 Å². The van der Waals surface area contributed by atoms with Crippen molar-refractivity contribution in [3.05, 3.63) is 46.8 Å². The molecule has 0 N–H and O–H groups in total. The van der Waals surface area contributed by atoms with Gasteiger partial charge in [0.2, 0.25) is 0 Å². The largest absolute Gasteiger partial charge is 0.261 e. The van der Waals surface area contributed by atoms with Gasteiger partial charge in [0, 0.05) is 23.9 Å². The van der Waals surface area contributed by atoms with Crippen LogP contribution in [0.2, 0.25) is 0 Å². The first-order chi connectivity index (χ1) is 13.1. The highest BCUT2D eigenvalue weighted by molar-refractivity contribution is 6.07. The fourth-order valence-corrected chi connectivity index (χ4v) is 3.17. The number of rotatable bonds is 12. The van der Waals surface area contributed by atoms with Crippen LogP contribution >= 0.6 is 0 Å². The van der Waals surface area contributed by atoms with Gasteiger partial charge in [-0.1, -0.05) is 63.8 Å². The van der Waals surface area contributed by atoms with Gasteiger partial charge in [-0.25, -0.2) is 0 Å². The first-order valence-corrected chi connectivity index (χ1v) is 10.9. The maximum absolute atomic E-state index is 4.90. The Kier molecular flexibility index (Phi) is 11.6. The van der Waals surface area contributed by atoms with Crippen LogP contribution in [0.1, 0.15) is 92.9 Å². The minimum absolute atomic E-state index is 0.598. The summed E-state index contributed by atoms with van der Waals surface area (Å²) >= 11 is 0. The molecule has 0 saturated heterocycles. The van der Waals surface area contributed by atoms with Crippen molar-refractivity contribution in [2.75, 3.05) is 0 Å². The molecule has 1 rings (SSSR count). The highest BCUT2D eigenvalue weighted by Crippen LogP contribution is 2.37. The van der Waals surface area contributed by atoms with E-state index in [9.17, 15) is 0 Å². The van der Waals surface area contributed by atoms with Gasteiger partial charge in [0.25, 0.3) is 0 Å². The van der Waals surface area contributed by atoms with Crippen molar-refractivity contribution in [1.29, 1.82) is 0 Å². The lowest BCUT2D eigenvalue weighted by atomic mass is 9.94. The minimum Gasteiger partial charge on any atom is -0.261 e. The minimum atomic E-state index is 0.598. The Bertz CT molecular complexity index is 623. The Morgan fingerprint density at radius 2 is 1.67 bits per heavy atom. The van der Waals surface area contributed by atoms with Crippen LogP contribution < -0.4 is 0 Å². The number of nitrogens with zero attached hydrogens (tertiary/aromatic N) is 2. The summed E-state index contributed by atoms with van der Waals surface area (Å²) in [6, 6.07) is 0. The van der Waals surface area contributed by atoms with E-state index in [-0.39, 0.29) is 0 Å². The summed E-state index contributed by atoms with van der Waals surface area (Å²) in [4.78, 5) is 9.80. The summed E-state index contributed by atoms with van der Waals surface area (Å²) in [5.41, 5.74) is 6.44. The summed E-state index contributed by atoms with van der Waals surface area (Å²) in [5.74, 6) is 0.598. The molecule has 0 heterocycles. The van der Waals surface area contributed by atoms with Crippen molar-refractivity contribution in [2.45, 2.75) is 92.9 Å². The second-order valence-electron chi connectivity index (χ2n) is 7.53. The first-order valence-electron chi connectivity index (χ1n) is 10.9. The van der Waals surface area contributed by atoms with E-state index >= 15 is 0 Å². The van der Waals surface area contributed by atoms with Crippen LogP contribution in [0.3, 0.4) is 0 Å². The molecule has 1 fully saturated rings. The molecular formula is C25H40N2. The number of aliphatic imine (C=N–C) groups is 2. The number of hydrogen-bond acceptors (Lipinski definition) is 2. The highest BCUT2D eigenvalue weighted by Gasteiger charge is 2.31. The van der Waals surface area contributed by atoms with Crippen molar-refractivity contribution in [3.63, 3.8) is 0 Å². The van der Waals surface area contributed by atoms with E-state index in [1.165, 1.54) is 41.7 Å². The van der Waals surface area contributed by atoms with Crippen LogP contribution in [-0.4, -0.2) is 11.9 Å². The third kappa shape index (κ3) is 8.69.